The third-order valence-corrected chi connectivity index (χ3v) is 5.53. The molecule has 1 rings (SSSR count). The van der Waals surface area contributed by atoms with Gasteiger partial charge in [-0.2, -0.15) is 0 Å². The van der Waals surface area contributed by atoms with Gasteiger partial charge in [-0.3, -0.25) is 4.79 Å². The summed E-state index contributed by atoms with van der Waals surface area (Å²) >= 11 is 0. The molecule has 0 aromatic rings. The van der Waals surface area contributed by atoms with E-state index in [0.717, 1.165) is 37.7 Å². The van der Waals surface area contributed by atoms with Crippen LogP contribution >= 0.6 is 0 Å². The highest BCUT2D eigenvalue weighted by molar-refractivity contribution is 5.65. The van der Waals surface area contributed by atoms with E-state index in [4.69, 9.17) is 4.74 Å². The van der Waals surface area contributed by atoms with Gasteiger partial charge in [-0.15, -0.1) is 0 Å². The van der Waals surface area contributed by atoms with E-state index in [9.17, 15) is 15.0 Å². The number of hydrogen-bond donors (Lipinski definition) is 2. The third-order valence-electron chi connectivity index (χ3n) is 5.53. The Bertz CT molecular complexity index is 541. The number of aliphatic hydroxyl groups excluding tert-OH is 2. The van der Waals surface area contributed by atoms with E-state index in [0.29, 0.717) is 13.0 Å². The number of ether oxygens (including phenoxy) is 1. The number of carbonyl (C=O) groups is 1. The predicted molar refractivity (Wildman–Crippen MR) is 110 cm³/mol. The Morgan fingerprint density at radius 3 is 2.63 bits per heavy atom. The van der Waals surface area contributed by atoms with Crippen LogP contribution in [0.3, 0.4) is 0 Å². The molecular weight excluding hydrogens is 340 g/mol. The van der Waals surface area contributed by atoms with Crippen LogP contribution in [-0.2, 0) is 9.53 Å². The van der Waals surface area contributed by atoms with Crippen LogP contribution in [0.2, 0.25) is 0 Å². The van der Waals surface area contributed by atoms with E-state index in [-0.39, 0.29) is 36.9 Å². The fourth-order valence-corrected chi connectivity index (χ4v) is 4.05. The maximum absolute atomic E-state index is 11.4. The van der Waals surface area contributed by atoms with Gasteiger partial charge < -0.3 is 14.9 Å². The smallest absolute Gasteiger partial charge is 0.302 e. The summed E-state index contributed by atoms with van der Waals surface area (Å²) in [4.78, 5) is 11.4. The van der Waals surface area contributed by atoms with E-state index in [1.54, 1.807) is 0 Å². The van der Waals surface area contributed by atoms with Crippen LogP contribution in [0.5, 0.6) is 0 Å². The van der Waals surface area contributed by atoms with Crippen LogP contribution in [0.4, 0.5) is 0 Å². The lowest BCUT2D eigenvalue weighted by Crippen LogP contribution is -2.31. The summed E-state index contributed by atoms with van der Waals surface area (Å²) in [6.07, 6.45) is 11.9. The van der Waals surface area contributed by atoms with E-state index in [2.05, 4.69) is 39.0 Å². The zero-order valence-electron chi connectivity index (χ0n) is 17.5. The molecule has 0 aromatic carbocycles. The first kappa shape index (κ1) is 23.6. The van der Waals surface area contributed by atoms with E-state index < -0.39 is 0 Å². The first-order valence-electron chi connectivity index (χ1n) is 10.2. The van der Waals surface area contributed by atoms with Crippen LogP contribution in [0, 0.1) is 17.8 Å². The summed E-state index contributed by atoms with van der Waals surface area (Å²) in [5.41, 5.74) is 3.65. The van der Waals surface area contributed by atoms with E-state index >= 15 is 0 Å². The monoisotopic (exact) mass is 378 g/mol. The molecule has 0 saturated carbocycles. The number of carbonyl (C=O) groups excluding carboxylic acids is 1. The van der Waals surface area contributed by atoms with Gasteiger partial charge in [0.05, 0.1) is 13.2 Å². The first-order chi connectivity index (χ1) is 12.9. The number of rotatable bonds is 9. The average molecular weight is 379 g/mol. The highest BCUT2D eigenvalue weighted by Gasteiger charge is 2.32. The molecule has 27 heavy (non-hydrogen) atoms. The van der Waals surface area contributed by atoms with E-state index in [1.165, 1.54) is 18.1 Å². The minimum absolute atomic E-state index is 0.0162. The quantitative estimate of drug-likeness (QED) is 0.455. The van der Waals surface area contributed by atoms with Gasteiger partial charge in [-0.05, 0) is 82.6 Å². The molecule has 4 nitrogen and oxygen atoms in total. The first-order valence-corrected chi connectivity index (χ1v) is 10.2. The molecule has 0 heterocycles. The summed E-state index contributed by atoms with van der Waals surface area (Å²) in [6.45, 7) is 8.31. The summed E-state index contributed by atoms with van der Waals surface area (Å²) in [6, 6.07) is 0. The van der Waals surface area contributed by atoms with E-state index in [1.807, 2.05) is 0 Å². The molecule has 0 amide bonds. The zero-order valence-corrected chi connectivity index (χ0v) is 17.5. The third kappa shape index (κ3) is 8.89. The summed E-state index contributed by atoms with van der Waals surface area (Å²) in [7, 11) is 0. The van der Waals surface area contributed by atoms with Crippen LogP contribution in [0.1, 0.15) is 66.2 Å². The molecule has 0 aliphatic heterocycles. The molecule has 3 atom stereocenters. The van der Waals surface area contributed by atoms with Crippen molar-refractivity contribution in [3.05, 3.63) is 34.9 Å². The standard InChI is InChI=1S/C23H38O4/c1-17(2)7-5-10-21(16-27-19(4)26)22-12-11-18(3)8-6-9-20(15-25)23(22)13-14-24/h7-9,21-25H,5-6,10-16H2,1-4H3/b18-8+,20-9-/t21-,22-,23?/m0/s1. The van der Waals surface area contributed by atoms with Crippen LogP contribution < -0.4 is 0 Å². The molecule has 2 N–H and O–H groups in total. The maximum Gasteiger partial charge on any atom is 0.302 e. The van der Waals surface area contributed by atoms with Gasteiger partial charge in [-0.25, -0.2) is 0 Å². The van der Waals surface area contributed by atoms with Crippen molar-refractivity contribution in [1.29, 1.82) is 0 Å². The second-order valence-electron chi connectivity index (χ2n) is 7.97. The topological polar surface area (TPSA) is 66.8 Å². The van der Waals surface area contributed by atoms with Crippen LogP contribution in [0.25, 0.3) is 0 Å². The van der Waals surface area contributed by atoms with Gasteiger partial charge in [0.2, 0.25) is 0 Å². The van der Waals surface area contributed by atoms with Gasteiger partial charge in [0.1, 0.15) is 0 Å². The Morgan fingerprint density at radius 1 is 1.30 bits per heavy atom. The molecule has 1 unspecified atom stereocenters. The molecule has 0 spiro atoms. The van der Waals surface area contributed by atoms with Crippen molar-refractivity contribution >= 4 is 5.97 Å². The highest BCUT2D eigenvalue weighted by Crippen LogP contribution is 2.38. The fraction of sp³-hybridized carbons (Fsp3) is 0.696. The van der Waals surface area contributed by atoms with Gasteiger partial charge >= 0.3 is 5.97 Å². The Labute approximate surface area is 165 Å². The lowest BCUT2D eigenvalue weighted by molar-refractivity contribution is -0.143. The van der Waals surface area contributed by atoms with Crippen molar-refractivity contribution in [3.8, 4) is 0 Å². The Balaban J connectivity index is 3.15. The second-order valence-corrected chi connectivity index (χ2v) is 7.97. The van der Waals surface area contributed by atoms with Crippen molar-refractivity contribution in [2.45, 2.75) is 66.2 Å². The number of hydrogen-bond acceptors (Lipinski definition) is 4. The van der Waals surface area contributed by atoms with Gasteiger partial charge in [0.25, 0.3) is 0 Å². The minimum Gasteiger partial charge on any atom is -0.466 e. The molecule has 0 saturated heterocycles. The van der Waals surface area contributed by atoms with Gasteiger partial charge in [-0.1, -0.05) is 29.4 Å². The number of esters is 1. The molecule has 1 aliphatic carbocycles. The van der Waals surface area contributed by atoms with Crippen molar-refractivity contribution in [2.24, 2.45) is 17.8 Å². The average Bonchev–Trinajstić information content (AvgIpc) is 2.68. The SMILES string of the molecule is CC(=O)OC[C@H](CCC=C(C)C)[C@@H]1CC/C(C)=C/C/C=C(/CO)C1CCO. The molecule has 0 radical (unpaired) electrons. The second kappa shape index (κ2) is 12.9. The molecule has 154 valence electrons. The minimum atomic E-state index is -0.252. The summed E-state index contributed by atoms with van der Waals surface area (Å²) < 4.78 is 5.42. The van der Waals surface area contributed by atoms with Crippen molar-refractivity contribution in [1.82, 2.24) is 0 Å². The fourth-order valence-electron chi connectivity index (χ4n) is 4.05. The van der Waals surface area contributed by atoms with Crippen molar-refractivity contribution < 1.29 is 19.7 Å². The molecule has 1 aliphatic rings. The van der Waals surface area contributed by atoms with Crippen LogP contribution in [-0.4, -0.2) is 36.0 Å². The van der Waals surface area contributed by atoms with Crippen molar-refractivity contribution in [3.63, 3.8) is 0 Å². The molecular formula is C23H38O4. The van der Waals surface area contributed by atoms with Gasteiger partial charge in [0.15, 0.2) is 0 Å². The Hall–Kier alpha value is -1.39. The maximum atomic E-state index is 11.4. The summed E-state index contributed by atoms with van der Waals surface area (Å²) in [5, 5.41) is 19.6. The Morgan fingerprint density at radius 2 is 2.04 bits per heavy atom. The molecule has 0 bridgehead atoms. The zero-order chi connectivity index (χ0) is 20.2. The lowest BCUT2D eigenvalue weighted by atomic mass is 9.72. The lowest BCUT2D eigenvalue weighted by Gasteiger charge is -2.35. The molecule has 4 heteroatoms. The number of allylic oxidation sites excluding steroid dienone is 5. The number of aliphatic hydroxyl groups is 2. The summed E-state index contributed by atoms with van der Waals surface area (Å²) in [5.74, 6) is 0.341. The van der Waals surface area contributed by atoms with Gasteiger partial charge in [0, 0.05) is 13.5 Å². The van der Waals surface area contributed by atoms with Crippen LogP contribution in [0.15, 0.2) is 34.9 Å². The normalized spacial score (nSPS) is 25.7. The molecule has 0 aromatic heterocycles. The predicted octanol–water partition coefficient (Wildman–Crippen LogP) is 4.58. The Kier molecular flexibility index (Phi) is 11.3. The highest BCUT2D eigenvalue weighted by atomic mass is 16.5. The largest absolute Gasteiger partial charge is 0.466 e. The molecule has 0 fully saturated rings. The van der Waals surface area contributed by atoms with Crippen molar-refractivity contribution in [2.75, 3.05) is 19.8 Å².